The first-order chi connectivity index (χ1) is 17.0. The van der Waals surface area contributed by atoms with Crippen molar-refractivity contribution >= 4 is 23.5 Å². The molecule has 2 aromatic carbocycles. The number of benzene rings is 2. The second-order valence-corrected chi connectivity index (χ2v) is 8.84. The standard InChI is InChI=1S/C28H25F3N2O3/c1-16-4-6-18(9-26(34)19-7-5-17(2)24(12-19)28(29,30)31)8-22(16)14-32-23-11-20-10-21(27(35)36-3)13-25(20)33-15-23/h4-8,10-12,15,32H,9,13-14H2,1-3H3. The molecule has 0 fully saturated rings. The van der Waals surface area contributed by atoms with Crippen LogP contribution in [0.25, 0.3) is 6.08 Å². The first-order valence-corrected chi connectivity index (χ1v) is 11.4. The van der Waals surface area contributed by atoms with Crippen LogP contribution in [0.3, 0.4) is 0 Å². The van der Waals surface area contributed by atoms with Crippen molar-refractivity contribution in [3.63, 3.8) is 0 Å². The van der Waals surface area contributed by atoms with Crippen LogP contribution >= 0.6 is 0 Å². The quantitative estimate of drug-likeness (QED) is 0.329. The van der Waals surface area contributed by atoms with Crippen LogP contribution in [0.15, 0.2) is 54.2 Å². The molecule has 0 atom stereocenters. The van der Waals surface area contributed by atoms with E-state index in [1.165, 1.54) is 26.2 Å². The van der Waals surface area contributed by atoms with Gasteiger partial charge in [0.15, 0.2) is 5.78 Å². The van der Waals surface area contributed by atoms with E-state index in [2.05, 4.69) is 10.3 Å². The van der Waals surface area contributed by atoms with E-state index < -0.39 is 11.7 Å². The lowest BCUT2D eigenvalue weighted by Crippen LogP contribution is -2.11. The van der Waals surface area contributed by atoms with Gasteiger partial charge >= 0.3 is 12.1 Å². The number of hydrogen-bond donors (Lipinski definition) is 1. The predicted octanol–water partition coefficient (Wildman–Crippen LogP) is 5.87. The average Bonchev–Trinajstić information content (AvgIpc) is 3.27. The van der Waals surface area contributed by atoms with Crippen LogP contribution in [0.2, 0.25) is 0 Å². The first-order valence-electron chi connectivity index (χ1n) is 11.4. The summed E-state index contributed by atoms with van der Waals surface area (Å²) in [7, 11) is 1.34. The molecule has 8 heteroatoms. The van der Waals surface area contributed by atoms with E-state index in [0.29, 0.717) is 24.1 Å². The number of carbonyl (C=O) groups is 2. The van der Waals surface area contributed by atoms with Gasteiger partial charge in [-0.05, 0) is 59.9 Å². The molecule has 1 aliphatic rings. The second-order valence-electron chi connectivity index (χ2n) is 8.84. The monoisotopic (exact) mass is 494 g/mol. The van der Waals surface area contributed by atoms with Gasteiger partial charge in [0.25, 0.3) is 0 Å². The molecule has 5 nitrogen and oxygen atoms in total. The molecule has 0 amide bonds. The summed E-state index contributed by atoms with van der Waals surface area (Å²) in [5.41, 5.74) is 5.00. The van der Waals surface area contributed by atoms with Crippen LogP contribution in [-0.4, -0.2) is 23.8 Å². The van der Waals surface area contributed by atoms with Crippen molar-refractivity contribution in [1.29, 1.82) is 0 Å². The van der Waals surface area contributed by atoms with Crippen LogP contribution in [0.4, 0.5) is 18.9 Å². The van der Waals surface area contributed by atoms with Crippen molar-refractivity contribution in [2.75, 3.05) is 12.4 Å². The highest BCUT2D eigenvalue weighted by Gasteiger charge is 2.33. The number of ether oxygens (including phenoxy) is 1. The Morgan fingerprint density at radius 3 is 2.53 bits per heavy atom. The number of aryl methyl sites for hydroxylation is 2. The molecule has 0 aliphatic heterocycles. The number of anilines is 1. The van der Waals surface area contributed by atoms with E-state index in [0.717, 1.165) is 34.1 Å². The number of aromatic nitrogens is 1. The Morgan fingerprint density at radius 1 is 1.06 bits per heavy atom. The maximum absolute atomic E-state index is 13.2. The fraction of sp³-hybridized carbons (Fsp3) is 0.250. The Labute approximate surface area is 207 Å². The number of pyridine rings is 1. The molecule has 0 bridgehead atoms. The van der Waals surface area contributed by atoms with Gasteiger partial charge in [0.05, 0.1) is 30.3 Å². The van der Waals surface area contributed by atoms with Gasteiger partial charge in [-0.2, -0.15) is 13.2 Å². The number of carbonyl (C=O) groups excluding carboxylic acids is 2. The summed E-state index contributed by atoms with van der Waals surface area (Å²) in [5, 5.41) is 3.31. The van der Waals surface area contributed by atoms with E-state index in [1.807, 2.05) is 31.2 Å². The lowest BCUT2D eigenvalue weighted by Gasteiger charge is -2.13. The molecular weight excluding hydrogens is 469 g/mol. The molecule has 1 aliphatic carbocycles. The van der Waals surface area contributed by atoms with Gasteiger partial charge in [-0.3, -0.25) is 9.78 Å². The molecular formula is C28H25F3N2O3. The Hall–Kier alpha value is -3.94. The first kappa shape index (κ1) is 25.2. The zero-order valence-electron chi connectivity index (χ0n) is 20.1. The Morgan fingerprint density at radius 2 is 1.81 bits per heavy atom. The molecule has 0 unspecified atom stereocenters. The molecule has 186 valence electrons. The van der Waals surface area contributed by atoms with Crippen molar-refractivity contribution in [3.8, 4) is 0 Å². The van der Waals surface area contributed by atoms with Crippen molar-refractivity contribution in [3.05, 3.63) is 98.9 Å². The van der Waals surface area contributed by atoms with Gasteiger partial charge in [0.2, 0.25) is 0 Å². The number of alkyl halides is 3. The van der Waals surface area contributed by atoms with Crippen LogP contribution in [0.1, 0.15) is 49.4 Å². The Balaban J connectivity index is 1.46. The Kier molecular flexibility index (Phi) is 6.97. The Bertz CT molecular complexity index is 1380. The molecule has 4 rings (SSSR count). The van der Waals surface area contributed by atoms with Crippen LogP contribution in [0.5, 0.6) is 0 Å². The summed E-state index contributed by atoms with van der Waals surface area (Å²) in [6, 6.07) is 11.2. The number of Topliss-reactive ketones (excluding diaryl/α,β-unsaturated/α-hetero) is 1. The number of methoxy groups -OCH3 is 1. The molecule has 3 aromatic rings. The smallest absolute Gasteiger partial charge is 0.416 e. The minimum absolute atomic E-state index is 0.00482. The lowest BCUT2D eigenvalue weighted by atomic mass is 9.96. The number of ketones is 1. The number of halogens is 3. The van der Waals surface area contributed by atoms with Crippen LogP contribution in [0, 0.1) is 13.8 Å². The van der Waals surface area contributed by atoms with Gasteiger partial charge < -0.3 is 10.1 Å². The normalized spacial score (nSPS) is 12.7. The molecule has 0 saturated heterocycles. The van der Waals surface area contributed by atoms with Gasteiger partial charge in [0, 0.05) is 30.5 Å². The van der Waals surface area contributed by atoms with Gasteiger partial charge in [-0.15, -0.1) is 0 Å². The summed E-state index contributed by atoms with van der Waals surface area (Å²) in [5.74, 6) is -0.746. The third-order valence-electron chi connectivity index (χ3n) is 6.27. The summed E-state index contributed by atoms with van der Waals surface area (Å²) >= 11 is 0. The van der Waals surface area contributed by atoms with Crippen molar-refractivity contribution in [1.82, 2.24) is 4.98 Å². The maximum atomic E-state index is 13.2. The number of fused-ring (bicyclic) bond motifs is 1. The highest BCUT2D eigenvalue weighted by atomic mass is 19.4. The highest BCUT2D eigenvalue weighted by molar-refractivity contribution is 5.98. The fourth-order valence-electron chi connectivity index (χ4n) is 4.17. The summed E-state index contributed by atoms with van der Waals surface area (Å²) in [4.78, 5) is 29.0. The number of nitrogens with one attached hydrogen (secondary N) is 1. The summed E-state index contributed by atoms with van der Waals surface area (Å²) < 4.78 is 44.5. The third kappa shape index (κ3) is 5.48. The zero-order chi connectivity index (χ0) is 26.0. The molecule has 1 heterocycles. The van der Waals surface area contributed by atoms with Crippen molar-refractivity contribution < 1.29 is 27.5 Å². The van der Waals surface area contributed by atoms with Gasteiger partial charge in [-0.25, -0.2) is 4.79 Å². The van der Waals surface area contributed by atoms with E-state index in [-0.39, 0.29) is 29.3 Å². The van der Waals surface area contributed by atoms with Crippen LogP contribution < -0.4 is 5.32 Å². The molecule has 0 saturated carbocycles. The topological polar surface area (TPSA) is 68.3 Å². The highest BCUT2D eigenvalue weighted by Crippen LogP contribution is 2.32. The number of rotatable bonds is 7. The average molecular weight is 495 g/mol. The number of esters is 1. The van der Waals surface area contributed by atoms with E-state index >= 15 is 0 Å². The zero-order valence-corrected chi connectivity index (χ0v) is 20.1. The lowest BCUT2D eigenvalue weighted by molar-refractivity contribution is -0.138. The molecule has 36 heavy (non-hydrogen) atoms. The minimum atomic E-state index is -4.51. The number of hydrogen-bond acceptors (Lipinski definition) is 5. The fourth-order valence-corrected chi connectivity index (χ4v) is 4.17. The molecule has 1 N–H and O–H groups in total. The maximum Gasteiger partial charge on any atom is 0.416 e. The minimum Gasteiger partial charge on any atom is -0.466 e. The van der Waals surface area contributed by atoms with Crippen molar-refractivity contribution in [2.24, 2.45) is 0 Å². The third-order valence-corrected chi connectivity index (χ3v) is 6.27. The van der Waals surface area contributed by atoms with E-state index in [1.54, 1.807) is 12.3 Å². The molecule has 1 aromatic heterocycles. The number of nitrogens with zero attached hydrogens (tertiary/aromatic N) is 1. The largest absolute Gasteiger partial charge is 0.466 e. The summed E-state index contributed by atoms with van der Waals surface area (Å²) in [6.07, 6.45) is -0.610. The SMILES string of the molecule is COC(=O)C1=Cc2cc(NCc3cc(CC(=O)c4ccc(C)c(C(F)(F)F)c4)ccc3C)cnc2C1. The van der Waals surface area contributed by atoms with Gasteiger partial charge in [-0.1, -0.05) is 30.3 Å². The predicted molar refractivity (Wildman–Crippen MR) is 131 cm³/mol. The van der Waals surface area contributed by atoms with E-state index in [9.17, 15) is 22.8 Å². The second kappa shape index (κ2) is 9.97. The molecule has 0 radical (unpaired) electrons. The van der Waals surface area contributed by atoms with Crippen LogP contribution in [-0.2, 0) is 35.1 Å². The van der Waals surface area contributed by atoms with E-state index in [4.69, 9.17) is 4.74 Å². The summed E-state index contributed by atoms with van der Waals surface area (Å²) in [6.45, 7) is 3.79. The van der Waals surface area contributed by atoms with Gasteiger partial charge in [0.1, 0.15) is 0 Å². The molecule has 0 spiro atoms. The van der Waals surface area contributed by atoms with Crippen molar-refractivity contribution in [2.45, 2.75) is 39.4 Å².